The second-order valence-electron chi connectivity index (χ2n) is 4.18. The Morgan fingerprint density at radius 1 is 0.944 bits per heavy atom. The predicted molar refractivity (Wildman–Crippen MR) is 71.8 cm³/mol. The molecule has 0 spiro atoms. The number of amides is 2. The van der Waals surface area contributed by atoms with E-state index in [4.69, 9.17) is 12.6 Å². The van der Waals surface area contributed by atoms with Crippen molar-refractivity contribution in [2.75, 3.05) is 12.3 Å². The van der Waals surface area contributed by atoms with Crippen LogP contribution >= 0.6 is 12.6 Å². The van der Waals surface area contributed by atoms with Crippen LogP contribution in [0.3, 0.4) is 0 Å². The number of benzene rings is 2. The molecule has 18 heavy (non-hydrogen) atoms. The average Bonchev–Trinajstić information content (AvgIpc) is 2.40. The van der Waals surface area contributed by atoms with E-state index in [1.165, 1.54) is 4.90 Å². The zero-order chi connectivity index (χ0) is 12.7. The maximum absolute atomic E-state index is 12.3. The molecule has 2 amide bonds. The molecule has 0 atom stereocenters. The number of carbonyl (C=O) groups is 2. The lowest BCUT2D eigenvalue weighted by molar-refractivity contribution is 0.0621. The van der Waals surface area contributed by atoms with Crippen LogP contribution in [-0.2, 0) is 0 Å². The van der Waals surface area contributed by atoms with Gasteiger partial charge in [-0.05, 0) is 17.5 Å². The van der Waals surface area contributed by atoms with Crippen LogP contribution in [0.15, 0.2) is 36.4 Å². The van der Waals surface area contributed by atoms with Gasteiger partial charge in [0.1, 0.15) is 0 Å². The number of hydrogen-bond donors (Lipinski definition) is 0. The van der Waals surface area contributed by atoms with Crippen LogP contribution in [-0.4, -0.2) is 29.0 Å². The monoisotopic (exact) mass is 256 g/mol. The first kappa shape index (κ1) is 11.3. The van der Waals surface area contributed by atoms with Crippen molar-refractivity contribution >= 4 is 35.2 Å². The van der Waals surface area contributed by atoms with Gasteiger partial charge in [-0.1, -0.05) is 36.9 Å². The summed E-state index contributed by atoms with van der Waals surface area (Å²) in [5.74, 6) is -0.126. The first-order valence-corrected chi connectivity index (χ1v) is 6.28. The minimum atomic E-state index is -0.242. The smallest absolute Gasteiger partial charge is 0.261 e. The van der Waals surface area contributed by atoms with Crippen molar-refractivity contribution in [2.45, 2.75) is 0 Å². The highest BCUT2D eigenvalue weighted by Crippen LogP contribution is 2.29. The molecule has 1 radical (unpaired) electrons. The van der Waals surface area contributed by atoms with Crippen molar-refractivity contribution in [3.63, 3.8) is 0 Å². The van der Waals surface area contributed by atoms with Gasteiger partial charge < -0.3 is 0 Å². The van der Waals surface area contributed by atoms with Gasteiger partial charge in [0, 0.05) is 28.8 Å². The molecular weight excluding hydrogens is 246 g/mol. The summed E-state index contributed by atoms with van der Waals surface area (Å²) in [5, 5.41) is 1.68. The van der Waals surface area contributed by atoms with Crippen molar-refractivity contribution in [1.29, 1.82) is 0 Å². The number of imide groups is 1. The van der Waals surface area contributed by atoms with Crippen LogP contribution in [0.1, 0.15) is 20.7 Å². The number of nitrogens with zero attached hydrogens (tertiary/aromatic N) is 1. The Hall–Kier alpha value is -1.81. The van der Waals surface area contributed by atoms with Crippen molar-refractivity contribution in [3.8, 4) is 0 Å². The Balaban J connectivity index is 2.32. The molecule has 0 N–H and O–H groups in total. The Morgan fingerprint density at radius 3 is 2.00 bits per heavy atom. The molecule has 1 aliphatic rings. The maximum Gasteiger partial charge on any atom is 0.261 e. The predicted octanol–water partition coefficient (Wildman–Crippen LogP) is 2.63. The molecule has 89 valence electrons. The molecular formula is C14H10NO2S. The summed E-state index contributed by atoms with van der Waals surface area (Å²) in [6.07, 6.45) is 0. The Bertz CT molecular complexity index is 615. The summed E-state index contributed by atoms with van der Waals surface area (Å²) in [6.45, 7) is 0.289. The molecule has 1 aliphatic heterocycles. The molecule has 0 saturated heterocycles. The molecule has 0 fully saturated rings. The highest BCUT2D eigenvalue weighted by molar-refractivity contribution is 7.80. The van der Waals surface area contributed by atoms with Gasteiger partial charge in [0.05, 0.1) is 0 Å². The Labute approximate surface area is 110 Å². The summed E-state index contributed by atoms with van der Waals surface area (Å²) in [6, 6.07) is 11.0. The van der Waals surface area contributed by atoms with Crippen LogP contribution in [0.5, 0.6) is 0 Å². The molecule has 0 aromatic heterocycles. The molecule has 1 heterocycles. The van der Waals surface area contributed by atoms with Gasteiger partial charge in [-0.15, -0.1) is 0 Å². The third-order valence-corrected chi connectivity index (χ3v) is 3.35. The van der Waals surface area contributed by atoms with Crippen LogP contribution in [0.4, 0.5) is 0 Å². The van der Waals surface area contributed by atoms with Crippen molar-refractivity contribution < 1.29 is 9.59 Å². The molecule has 3 rings (SSSR count). The van der Waals surface area contributed by atoms with Gasteiger partial charge in [0.15, 0.2) is 0 Å². The van der Waals surface area contributed by atoms with E-state index < -0.39 is 0 Å². The largest absolute Gasteiger partial charge is 0.273 e. The molecule has 2 aromatic rings. The van der Waals surface area contributed by atoms with E-state index in [0.29, 0.717) is 16.9 Å². The Kier molecular flexibility index (Phi) is 2.59. The minimum Gasteiger partial charge on any atom is -0.273 e. The summed E-state index contributed by atoms with van der Waals surface area (Å²) in [4.78, 5) is 25.8. The fourth-order valence-corrected chi connectivity index (χ4v) is 2.56. The first-order chi connectivity index (χ1) is 8.74. The molecule has 4 heteroatoms. The zero-order valence-corrected chi connectivity index (χ0v) is 10.4. The number of carbonyl (C=O) groups excluding carboxylic acids is 2. The fourth-order valence-electron chi connectivity index (χ4n) is 2.37. The lowest BCUT2D eigenvalue weighted by Crippen LogP contribution is -2.41. The SMILES string of the molecule is O=C1c2cccc3cccc(c23)C(=O)N1CC[S]. The molecule has 0 unspecified atom stereocenters. The third-order valence-electron chi connectivity index (χ3n) is 3.17. The normalized spacial score (nSPS) is 14.4. The van der Waals surface area contributed by atoms with Gasteiger partial charge >= 0.3 is 0 Å². The van der Waals surface area contributed by atoms with Crippen LogP contribution in [0.2, 0.25) is 0 Å². The van der Waals surface area contributed by atoms with Crippen molar-refractivity contribution in [2.24, 2.45) is 0 Å². The van der Waals surface area contributed by atoms with E-state index in [1.807, 2.05) is 24.3 Å². The Morgan fingerprint density at radius 2 is 1.50 bits per heavy atom. The molecule has 0 saturated carbocycles. The quantitative estimate of drug-likeness (QED) is 0.775. The first-order valence-electron chi connectivity index (χ1n) is 5.70. The standard InChI is InChI=1S/C14H10NO2S/c16-13-10-5-1-3-9-4-2-6-11(12(9)10)14(17)15(13)7-8-18/h1-6H,7-8H2. The van der Waals surface area contributed by atoms with Crippen LogP contribution in [0, 0.1) is 0 Å². The van der Waals surface area contributed by atoms with Crippen LogP contribution < -0.4 is 0 Å². The zero-order valence-electron chi connectivity index (χ0n) is 9.55. The van der Waals surface area contributed by atoms with E-state index in [9.17, 15) is 9.59 Å². The topological polar surface area (TPSA) is 37.4 Å². The van der Waals surface area contributed by atoms with Crippen molar-refractivity contribution in [1.82, 2.24) is 4.90 Å². The fraction of sp³-hybridized carbons (Fsp3) is 0.143. The lowest BCUT2D eigenvalue weighted by Gasteiger charge is -2.26. The maximum atomic E-state index is 12.3. The highest BCUT2D eigenvalue weighted by atomic mass is 32.1. The van der Waals surface area contributed by atoms with Gasteiger partial charge in [-0.2, -0.15) is 0 Å². The lowest BCUT2D eigenvalue weighted by atomic mass is 9.94. The average molecular weight is 256 g/mol. The third kappa shape index (κ3) is 1.46. The van der Waals surface area contributed by atoms with Gasteiger partial charge in [0.2, 0.25) is 0 Å². The van der Waals surface area contributed by atoms with E-state index in [0.717, 1.165) is 10.8 Å². The van der Waals surface area contributed by atoms with Crippen molar-refractivity contribution in [3.05, 3.63) is 47.5 Å². The summed E-state index contributed by atoms with van der Waals surface area (Å²) in [7, 11) is 0. The minimum absolute atomic E-state index is 0.242. The number of hydrogen-bond acceptors (Lipinski definition) is 2. The molecule has 2 aromatic carbocycles. The summed E-state index contributed by atoms with van der Waals surface area (Å²) in [5.41, 5.74) is 1.18. The van der Waals surface area contributed by atoms with Gasteiger partial charge in [-0.25, -0.2) is 0 Å². The highest BCUT2D eigenvalue weighted by Gasteiger charge is 2.31. The summed E-state index contributed by atoms with van der Waals surface area (Å²) >= 11 is 4.87. The second-order valence-corrected chi connectivity index (χ2v) is 4.58. The second kappa shape index (κ2) is 4.14. The number of rotatable bonds is 2. The molecule has 3 nitrogen and oxygen atoms in total. The van der Waals surface area contributed by atoms with E-state index >= 15 is 0 Å². The van der Waals surface area contributed by atoms with Crippen LogP contribution in [0.25, 0.3) is 10.8 Å². The molecule has 0 aliphatic carbocycles. The van der Waals surface area contributed by atoms with E-state index in [-0.39, 0.29) is 18.4 Å². The molecule has 0 bridgehead atoms. The van der Waals surface area contributed by atoms with E-state index in [1.54, 1.807) is 12.1 Å². The van der Waals surface area contributed by atoms with E-state index in [2.05, 4.69) is 0 Å². The van der Waals surface area contributed by atoms with Gasteiger partial charge in [-0.3, -0.25) is 14.5 Å². The summed E-state index contributed by atoms with van der Waals surface area (Å²) < 4.78 is 0. The van der Waals surface area contributed by atoms with Gasteiger partial charge in [0.25, 0.3) is 11.8 Å².